The van der Waals surface area contributed by atoms with E-state index in [1.807, 2.05) is 16.7 Å². The van der Waals surface area contributed by atoms with Crippen molar-refractivity contribution in [1.29, 1.82) is 0 Å². The first-order valence-corrected chi connectivity index (χ1v) is 7.00. The fraction of sp³-hybridized carbons (Fsp3) is 0.455. The fourth-order valence-corrected chi connectivity index (χ4v) is 2.81. The first kappa shape index (κ1) is 12.5. The number of pyridine rings is 1. The summed E-state index contributed by atoms with van der Waals surface area (Å²) in [6.45, 7) is 1.55. The van der Waals surface area contributed by atoms with E-state index >= 15 is 0 Å². The molecule has 0 radical (unpaired) electrons. The molecule has 2 rings (SSSR count). The van der Waals surface area contributed by atoms with Crippen molar-refractivity contribution in [3.05, 3.63) is 22.8 Å². The maximum absolute atomic E-state index is 12.3. The molecular formula is C11H14ClN3OS. The van der Waals surface area contributed by atoms with Gasteiger partial charge in [-0.25, -0.2) is 4.98 Å². The summed E-state index contributed by atoms with van der Waals surface area (Å²) in [7, 11) is 0. The van der Waals surface area contributed by atoms with Crippen LogP contribution in [0.4, 0.5) is 5.82 Å². The van der Waals surface area contributed by atoms with Crippen LogP contribution in [0.25, 0.3) is 0 Å². The lowest BCUT2D eigenvalue weighted by Gasteiger charge is -2.20. The molecule has 1 fully saturated rings. The Morgan fingerprint density at radius 1 is 1.47 bits per heavy atom. The smallest absolute Gasteiger partial charge is 0.255 e. The highest BCUT2D eigenvalue weighted by Gasteiger charge is 2.20. The molecule has 0 atom stereocenters. The Morgan fingerprint density at radius 2 is 2.29 bits per heavy atom. The number of rotatable bonds is 1. The topological polar surface area (TPSA) is 59.2 Å². The molecular weight excluding hydrogens is 258 g/mol. The normalized spacial score (nSPS) is 16.6. The number of amides is 1. The van der Waals surface area contributed by atoms with Crippen LogP contribution in [0.3, 0.4) is 0 Å². The molecule has 0 bridgehead atoms. The molecule has 2 heterocycles. The summed E-state index contributed by atoms with van der Waals surface area (Å²) in [6.07, 6.45) is 2.45. The number of nitrogens with two attached hydrogens (primary N) is 1. The van der Waals surface area contributed by atoms with Gasteiger partial charge in [-0.3, -0.25) is 4.79 Å². The molecule has 0 aromatic carbocycles. The highest BCUT2D eigenvalue weighted by Crippen LogP contribution is 2.20. The van der Waals surface area contributed by atoms with E-state index < -0.39 is 0 Å². The van der Waals surface area contributed by atoms with Gasteiger partial charge in [-0.2, -0.15) is 11.8 Å². The van der Waals surface area contributed by atoms with E-state index in [0.29, 0.717) is 16.4 Å². The Bertz CT molecular complexity index is 419. The highest BCUT2D eigenvalue weighted by atomic mass is 35.5. The van der Waals surface area contributed by atoms with Crippen LogP contribution in [0.15, 0.2) is 12.3 Å². The predicted molar refractivity (Wildman–Crippen MR) is 71.5 cm³/mol. The van der Waals surface area contributed by atoms with Crippen molar-refractivity contribution < 1.29 is 4.79 Å². The Hall–Kier alpha value is -0.940. The van der Waals surface area contributed by atoms with E-state index in [1.54, 1.807) is 6.07 Å². The number of nitrogen functional groups attached to an aromatic ring is 1. The molecule has 6 heteroatoms. The average Bonchev–Trinajstić information content (AvgIpc) is 2.60. The van der Waals surface area contributed by atoms with Gasteiger partial charge in [-0.05, 0) is 18.2 Å². The number of nitrogens with zero attached hydrogens (tertiary/aromatic N) is 2. The second-order valence-electron chi connectivity index (χ2n) is 3.85. The number of aromatic nitrogens is 1. The lowest BCUT2D eigenvalue weighted by molar-refractivity contribution is 0.0768. The van der Waals surface area contributed by atoms with Crippen LogP contribution in [0, 0.1) is 0 Å². The summed E-state index contributed by atoms with van der Waals surface area (Å²) in [4.78, 5) is 18.0. The highest BCUT2D eigenvalue weighted by molar-refractivity contribution is 7.99. The Morgan fingerprint density at radius 3 is 3.12 bits per heavy atom. The number of carbonyl (C=O) groups is 1. The van der Waals surface area contributed by atoms with E-state index in [2.05, 4.69) is 4.98 Å². The number of halogens is 1. The van der Waals surface area contributed by atoms with Crippen molar-refractivity contribution in [3.63, 3.8) is 0 Å². The maximum Gasteiger partial charge on any atom is 0.255 e. The second-order valence-corrected chi connectivity index (χ2v) is 5.48. The number of thioether (sulfide) groups is 1. The Balaban J connectivity index is 2.20. The van der Waals surface area contributed by atoms with Crippen LogP contribution < -0.4 is 5.73 Å². The minimum Gasteiger partial charge on any atom is -0.384 e. The van der Waals surface area contributed by atoms with E-state index in [9.17, 15) is 4.79 Å². The van der Waals surface area contributed by atoms with E-state index in [0.717, 1.165) is 31.0 Å². The van der Waals surface area contributed by atoms with Gasteiger partial charge in [-0.15, -0.1) is 0 Å². The summed E-state index contributed by atoms with van der Waals surface area (Å²) in [5, 5.41) is 0.362. The standard InChI is InChI=1S/C11H14ClN3OS/c12-9-7-14-10(13)6-8(9)11(16)15-2-1-4-17-5-3-15/h6-7H,1-5H2,(H2,13,14). The quantitative estimate of drug-likeness (QED) is 0.848. The van der Waals surface area contributed by atoms with Gasteiger partial charge >= 0.3 is 0 Å². The number of anilines is 1. The maximum atomic E-state index is 12.3. The zero-order chi connectivity index (χ0) is 12.3. The van der Waals surface area contributed by atoms with Gasteiger partial charge in [-0.1, -0.05) is 11.6 Å². The van der Waals surface area contributed by atoms with Crippen molar-refractivity contribution in [2.45, 2.75) is 6.42 Å². The largest absolute Gasteiger partial charge is 0.384 e. The van der Waals surface area contributed by atoms with Crippen molar-refractivity contribution in [2.24, 2.45) is 0 Å². The molecule has 0 saturated carbocycles. The summed E-state index contributed by atoms with van der Waals surface area (Å²) in [5.41, 5.74) is 6.03. The van der Waals surface area contributed by atoms with Crippen LogP contribution in [-0.2, 0) is 0 Å². The molecule has 1 saturated heterocycles. The average molecular weight is 272 g/mol. The third-order valence-electron chi connectivity index (χ3n) is 2.62. The molecule has 4 nitrogen and oxygen atoms in total. The van der Waals surface area contributed by atoms with Crippen LogP contribution in [0.1, 0.15) is 16.8 Å². The Kier molecular flexibility index (Phi) is 4.12. The predicted octanol–water partition coefficient (Wildman–Crippen LogP) is 1.90. The molecule has 1 aliphatic heterocycles. The van der Waals surface area contributed by atoms with Gasteiger partial charge in [0.05, 0.1) is 10.6 Å². The molecule has 1 aromatic rings. The van der Waals surface area contributed by atoms with Crippen molar-refractivity contribution in [2.75, 3.05) is 30.3 Å². The van der Waals surface area contributed by atoms with Crippen LogP contribution >= 0.6 is 23.4 Å². The van der Waals surface area contributed by atoms with Gasteiger partial charge in [0.2, 0.25) is 0 Å². The zero-order valence-electron chi connectivity index (χ0n) is 9.36. The molecule has 0 unspecified atom stereocenters. The molecule has 0 spiro atoms. The van der Waals surface area contributed by atoms with Gasteiger partial charge in [0.1, 0.15) is 5.82 Å². The van der Waals surface area contributed by atoms with E-state index in [1.165, 1.54) is 6.20 Å². The molecule has 1 aromatic heterocycles. The summed E-state index contributed by atoms with van der Waals surface area (Å²) >= 11 is 7.86. The molecule has 1 aliphatic rings. The van der Waals surface area contributed by atoms with Gasteiger partial charge in [0.15, 0.2) is 0 Å². The summed E-state index contributed by atoms with van der Waals surface area (Å²) < 4.78 is 0. The summed E-state index contributed by atoms with van der Waals surface area (Å²) in [5.74, 6) is 2.36. The van der Waals surface area contributed by atoms with Gasteiger partial charge in [0.25, 0.3) is 5.91 Å². The Labute approximate surface area is 110 Å². The van der Waals surface area contributed by atoms with Crippen LogP contribution in [0.2, 0.25) is 5.02 Å². The van der Waals surface area contributed by atoms with Crippen LogP contribution in [0.5, 0.6) is 0 Å². The third kappa shape index (κ3) is 3.04. The van der Waals surface area contributed by atoms with E-state index in [-0.39, 0.29) is 5.91 Å². The van der Waals surface area contributed by atoms with Crippen LogP contribution in [-0.4, -0.2) is 40.4 Å². The first-order chi connectivity index (χ1) is 8.18. The molecule has 1 amide bonds. The van der Waals surface area contributed by atoms with Crippen molar-refractivity contribution in [1.82, 2.24) is 9.88 Å². The molecule has 2 N–H and O–H groups in total. The summed E-state index contributed by atoms with van der Waals surface area (Å²) in [6, 6.07) is 1.54. The zero-order valence-corrected chi connectivity index (χ0v) is 10.9. The minimum absolute atomic E-state index is 0.0494. The monoisotopic (exact) mass is 271 g/mol. The van der Waals surface area contributed by atoms with Gasteiger partial charge in [0, 0.05) is 25.0 Å². The van der Waals surface area contributed by atoms with Crippen molar-refractivity contribution in [3.8, 4) is 0 Å². The van der Waals surface area contributed by atoms with E-state index in [4.69, 9.17) is 17.3 Å². The SMILES string of the molecule is Nc1cc(C(=O)N2CCCSCC2)c(Cl)cn1. The fourth-order valence-electron chi connectivity index (χ4n) is 1.74. The molecule has 92 valence electrons. The lowest BCUT2D eigenvalue weighted by atomic mass is 10.2. The third-order valence-corrected chi connectivity index (χ3v) is 3.97. The second kappa shape index (κ2) is 5.60. The van der Waals surface area contributed by atoms with Gasteiger partial charge < -0.3 is 10.6 Å². The first-order valence-electron chi connectivity index (χ1n) is 5.46. The number of carbonyl (C=O) groups excluding carboxylic acids is 1. The lowest BCUT2D eigenvalue weighted by Crippen LogP contribution is -2.33. The number of hydrogen-bond acceptors (Lipinski definition) is 4. The number of hydrogen-bond donors (Lipinski definition) is 1. The minimum atomic E-state index is -0.0494. The molecule has 17 heavy (non-hydrogen) atoms. The molecule has 0 aliphatic carbocycles. The van der Waals surface area contributed by atoms with Crippen molar-refractivity contribution >= 4 is 35.1 Å².